The molecule has 6 aliphatic rings. The van der Waals surface area contributed by atoms with Gasteiger partial charge in [0.2, 0.25) is 5.91 Å². The predicted molar refractivity (Wildman–Crippen MR) is 217 cm³/mol. The van der Waals surface area contributed by atoms with Crippen LogP contribution in [0.5, 0.6) is 0 Å². The number of imide groups is 1. The van der Waals surface area contributed by atoms with Crippen molar-refractivity contribution < 1.29 is 24.0 Å². The van der Waals surface area contributed by atoms with E-state index < -0.39 is 23.8 Å². The fraction of sp³-hybridized carbons (Fsp3) is 0.452. The molecule has 0 radical (unpaired) electrons. The minimum Gasteiger partial charge on any atom is -0.371 e. The Morgan fingerprint density at radius 3 is 2.41 bits per heavy atom. The molecular weight excluding hydrogens is 739 g/mol. The maximum Gasteiger partial charge on any atom is 0.320 e. The number of urea groups is 1. The van der Waals surface area contributed by atoms with Crippen LogP contribution in [-0.4, -0.2) is 131 Å². The third kappa shape index (κ3) is 6.88. The highest BCUT2D eigenvalue weighted by atomic mass is 16.2. The summed E-state index contributed by atoms with van der Waals surface area (Å²) in [5.41, 5.74) is 10.2. The molecule has 2 atom stereocenters. The van der Waals surface area contributed by atoms with E-state index in [9.17, 15) is 24.0 Å². The number of allylic oxidation sites excluding steroid dienone is 1. The zero-order valence-corrected chi connectivity index (χ0v) is 32.8. The molecule has 5 saturated heterocycles. The number of likely N-dealkylation sites (tertiary alicyclic amines) is 1. The van der Waals surface area contributed by atoms with Crippen molar-refractivity contribution in [2.24, 2.45) is 11.1 Å². The van der Waals surface area contributed by atoms with E-state index in [2.05, 4.69) is 49.0 Å². The van der Waals surface area contributed by atoms with Crippen molar-refractivity contribution in [3.05, 3.63) is 83.3 Å². The molecule has 6 aliphatic heterocycles. The number of rotatable bonds is 9. The molecule has 7 heterocycles. The van der Waals surface area contributed by atoms with E-state index >= 15 is 0 Å². The second kappa shape index (κ2) is 14.7. The van der Waals surface area contributed by atoms with Gasteiger partial charge in [-0.1, -0.05) is 12.6 Å². The number of anilines is 4. The minimum atomic E-state index is -0.816. The number of carbonyl (C=O) groups excluding carboxylic acids is 5. The van der Waals surface area contributed by atoms with E-state index in [4.69, 9.17) is 10.7 Å². The standard InChI is InChI=1S/C42H49N11O5/c1-26-5-12-33(38(55)45-26)53-39(56)31-11-6-27(20-32(31)40(53)57)22-49-24-42(25-49)13-16-50(17-14-42)29-9-7-28(8-10-29)46-37-35(36(43)54)44-21-34(47-37)51-15-3-4-30(23-51)52-19-18-48(2)41(52)58/h6-11,20-21,30,33H,1,3-5,12-19,22-25H2,2H3,(H2,43,54)(H,45,55)(H,46,47)/t30-,33?/m1/s1. The van der Waals surface area contributed by atoms with Crippen LogP contribution in [0.25, 0.3) is 0 Å². The smallest absolute Gasteiger partial charge is 0.320 e. The van der Waals surface area contributed by atoms with E-state index in [1.807, 2.05) is 36.2 Å². The molecule has 302 valence electrons. The van der Waals surface area contributed by atoms with Gasteiger partial charge in [-0.3, -0.25) is 29.0 Å². The number of amides is 6. The topological polar surface area (TPSA) is 181 Å². The highest BCUT2D eigenvalue weighted by molar-refractivity contribution is 6.23. The summed E-state index contributed by atoms with van der Waals surface area (Å²) in [6.45, 7) is 11.2. The third-order valence-corrected chi connectivity index (χ3v) is 12.9. The summed E-state index contributed by atoms with van der Waals surface area (Å²) >= 11 is 0. The van der Waals surface area contributed by atoms with Crippen molar-refractivity contribution in [2.45, 2.75) is 57.2 Å². The lowest BCUT2D eigenvalue weighted by molar-refractivity contribution is -0.125. The Hall–Kier alpha value is -6.03. The molecule has 1 aromatic heterocycles. The molecule has 5 fully saturated rings. The van der Waals surface area contributed by atoms with Crippen molar-refractivity contribution in [2.75, 3.05) is 74.5 Å². The van der Waals surface area contributed by atoms with Crippen LogP contribution in [0, 0.1) is 5.41 Å². The van der Waals surface area contributed by atoms with Crippen LogP contribution in [0.4, 0.5) is 27.8 Å². The van der Waals surface area contributed by atoms with E-state index in [-0.39, 0.29) is 29.1 Å². The van der Waals surface area contributed by atoms with Crippen molar-refractivity contribution in [3.63, 3.8) is 0 Å². The normalized spacial score (nSPS) is 23.4. The monoisotopic (exact) mass is 787 g/mol. The molecule has 58 heavy (non-hydrogen) atoms. The van der Waals surface area contributed by atoms with Gasteiger partial charge < -0.3 is 36.0 Å². The average molecular weight is 788 g/mol. The lowest BCUT2D eigenvalue weighted by Crippen LogP contribution is -2.59. The second-order valence-electron chi connectivity index (χ2n) is 16.7. The summed E-state index contributed by atoms with van der Waals surface area (Å²) in [5.74, 6) is -0.911. The molecule has 1 unspecified atom stereocenters. The number of primary amides is 1. The van der Waals surface area contributed by atoms with Gasteiger partial charge in [-0.05, 0) is 85.9 Å². The molecule has 6 amide bonds. The van der Waals surface area contributed by atoms with Gasteiger partial charge >= 0.3 is 6.03 Å². The molecule has 4 N–H and O–H groups in total. The average Bonchev–Trinajstić information content (AvgIpc) is 3.67. The first-order chi connectivity index (χ1) is 27.9. The van der Waals surface area contributed by atoms with Gasteiger partial charge in [-0.15, -0.1) is 0 Å². The zero-order chi connectivity index (χ0) is 40.3. The number of fused-ring (bicyclic) bond motifs is 1. The minimum absolute atomic E-state index is 0.0595. The van der Waals surface area contributed by atoms with Gasteiger partial charge in [0, 0.05) is 83.0 Å². The number of piperidine rings is 3. The second-order valence-corrected chi connectivity index (χ2v) is 16.7. The zero-order valence-electron chi connectivity index (χ0n) is 32.8. The fourth-order valence-electron chi connectivity index (χ4n) is 9.64. The van der Waals surface area contributed by atoms with Crippen LogP contribution in [0.2, 0.25) is 0 Å². The van der Waals surface area contributed by atoms with Crippen molar-refractivity contribution in [1.29, 1.82) is 0 Å². The van der Waals surface area contributed by atoms with E-state index in [1.54, 1.807) is 17.2 Å². The quantitative estimate of drug-likeness (QED) is 0.271. The lowest BCUT2D eigenvalue weighted by atomic mass is 9.71. The summed E-state index contributed by atoms with van der Waals surface area (Å²) < 4.78 is 0. The third-order valence-electron chi connectivity index (χ3n) is 12.9. The molecular formula is C42H49N11O5. The number of benzene rings is 2. The number of nitrogens with two attached hydrogens (primary N) is 1. The Bertz CT molecular complexity index is 2200. The lowest BCUT2D eigenvalue weighted by Gasteiger charge is -2.54. The Morgan fingerprint density at radius 1 is 0.948 bits per heavy atom. The number of hydrogen-bond acceptors (Lipinski definition) is 11. The van der Waals surface area contributed by atoms with Crippen molar-refractivity contribution >= 4 is 52.7 Å². The molecule has 0 aliphatic carbocycles. The SMILES string of the molecule is C=C1CCC(N2C(=O)c3ccc(CN4CC5(CCN(c6ccc(Nc7nc(N8CCC[C@@H](N9CCN(C)C9=O)C8)cnc7C(N)=O)cc6)CC5)C4)cc3C2=O)C(=O)N1. The van der Waals surface area contributed by atoms with Crippen LogP contribution >= 0.6 is 0 Å². The van der Waals surface area contributed by atoms with E-state index in [0.717, 1.165) is 93.3 Å². The summed E-state index contributed by atoms with van der Waals surface area (Å²) in [5, 5.41) is 5.97. The molecule has 3 aromatic rings. The van der Waals surface area contributed by atoms with E-state index in [1.165, 1.54) is 0 Å². The van der Waals surface area contributed by atoms with Crippen LogP contribution < -0.4 is 26.2 Å². The number of nitrogens with zero attached hydrogens (tertiary/aromatic N) is 8. The first kappa shape index (κ1) is 37.5. The number of carbonyl (C=O) groups is 5. The van der Waals surface area contributed by atoms with E-state index in [0.29, 0.717) is 54.4 Å². The van der Waals surface area contributed by atoms with Gasteiger partial charge in [0.25, 0.3) is 17.7 Å². The largest absolute Gasteiger partial charge is 0.371 e. The Kier molecular flexibility index (Phi) is 9.53. The summed E-state index contributed by atoms with van der Waals surface area (Å²) in [6.07, 6.45) is 6.48. The molecule has 0 bridgehead atoms. The maximum atomic E-state index is 13.4. The first-order valence-corrected chi connectivity index (χ1v) is 20.2. The van der Waals surface area contributed by atoms with Crippen LogP contribution in [0.1, 0.15) is 75.3 Å². The summed E-state index contributed by atoms with van der Waals surface area (Å²) in [7, 11) is 1.83. The van der Waals surface area contributed by atoms with Crippen molar-refractivity contribution in [1.82, 2.24) is 34.9 Å². The summed E-state index contributed by atoms with van der Waals surface area (Å²) in [4.78, 5) is 85.1. The van der Waals surface area contributed by atoms with Gasteiger partial charge in [-0.25, -0.2) is 14.8 Å². The fourth-order valence-corrected chi connectivity index (χ4v) is 9.64. The molecule has 16 heteroatoms. The molecule has 16 nitrogen and oxygen atoms in total. The number of nitrogens with one attached hydrogen (secondary N) is 2. The number of likely N-dealkylation sites (N-methyl/N-ethyl adjacent to an activating group) is 1. The van der Waals surface area contributed by atoms with Gasteiger partial charge in [-0.2, -0.15) is 0 Å². The first-order valence-electron chi connectivity index (χ1n) is 20.2. The maximum absolute atomic E-state index is 13.4. The molecule has 1 spiro atoms. The van der Waals surface area contributed by atoms with Crippen molar-refractivity contribution in [3.8, 4) is 0 Å². The molecule has 0 saturated carbocycles. The Balaban J connectivity index is 0.784. The highest BCUT2D eigenvalue weighted by Gasteiger charge is 2.46. The Morgan fingerprint density at radius 2 is 1.71 bits per heavy atom. The molecule has 9 rings (SSSR count). The Labute approximate surface area is 337 Å². The predicted octanol–water partition coefficient (Wildman–Crippen LogP) is 3.15. The van der Waals surface area contributed by atoms with Crippen LogP contribution in [0.3, 0.4) is 0 Å². The van der Waals surface area contributed by atoms with Gasteiger partial charge in [0.1, 0.15) is 11.9 Å². The van der Waals surface area contributed by atoms with Crippen LogP contribution in [-0.2, 0) is 11.3 Å². The van der Waals surface area contributed by atoms with Gasteiger partial charge in [0.05, 0.1) is 23.4 Å². The van der Waals surface area contributed by atoms with Crippen LogP contribution in [0.15, 0.2) is 60.9 Å². The number of aromatic nitrogens is 2. The highest BCUT2D eigenvalue weighted by Crippen LogP contribution is 2.42. The number of hydrogen-bond donors (Lipinski definition) is 3. The van der Waals surface area contributed by atoms with Gasteiger partial charge in [0.15, 0.2) is 11.5 Å². The summed E-state index contributed by atoms with van der Waals surface area (Å²) in [6, 6.07) is 12.9. The molecule has 2 aromatic carbocycles.